The summed E-state index contributed by atoms with van der Waals surface area (Å²) >= 11 is 0. The van der Waals surface area contributed by atoms with Crippen LogP contribution in [0.2, 0.25) is 0 Å². The summed E-state index contributed by atoms with van der Waals surface area (Å²) < 4.78 is 0. The first-order chi connectivity index (χ1) is 12.8. The molecule has 0 aromatic heterocycles. The minimum absolute atomic E-state index is 0.300. The summed E-state index contributed by atoms with van der Waals surface area (Å²) in [6.45, 7) is 0. The number of nitrogens with two attached hydrogens (primary N) is 1. The normalized spacial score (nSPS) is 16.5. The van der Waals surface area contributed by atoms with E-state index in [0.717, 1.165) is 17.7 Å². The van der Waals surface area contributed by atoms with Crippen LogP contribution in [0.15, 0.2) is 103 Å². The molecule has 26 heavy (non-hydrogen) atoms. The van der Waals surface area contributed by atoms with Crippen molar-refractivity contribution < 1.29 is 0 Å². The summed E-state index contributed by atoms with van der Waals surface area (Å²) in [5, 5.41) is 0. The van der Waals surface area contributed by atoms with Gasteiger partial charge < -0.3 is 5.73 Å². The number of anilines is 1. The van der Waals surface area contributed by atoms with Crippen molar-refractivity contribution in [2.45, 2.75) is 12.3 Å². The van der Waals surface area contributed by atoms with Gasteiger partial charge in [0.2, 0.25) is 0 Å². The van der Waals surface area contributed by atoms with Crippen molar-refractivity contribution >= 4 is 16.8 Å². The molecule has 1 nitrogen and oxygen atoms in total. The van der Waals surface area contributed by atoms with Crippen molar-refractivity contribution in [3.8, 4) is 0 Å². The average molecular weight is 335 g/mol. The smallest absolute Gasteiger partial charge is 0.0314 e. The van der Waals surface area contributed by atoms with Gasteiger partial charge in [-0.15, -0.1) is 5.73 Å². The highest BCUT2D eigenvalue weighted by atomic mass is 14.5. The molecule has 0 radical (unpaired) electrons. The summed E-state index contributed by atoms with van der Waals surface area (Å²) in [6.07, 6.45) is 5.37. The third-order valence-electron chi connectivity index (χ3n) is 4.82. The predicted molar refractivity (Wildman–Crippen MR) is 111 cm³/mol. The molecule has 1 atom stereocenters. The second-order valence-corrected chi connectivity index (χ2v) is 6.55. The quantitative estimate of drug-likeness (QED) is 0.455. The molecule has 0 spiro atoms. The van der Waals surface area contributed by atoms with Gasteiger partial charge >= 0.3 is 0 Å². The van der Waals surface area contributed by atoms with Gasteiger partial charge in [0.15, 0.2) is 0 Å². The molecule has 0 amide bonds. The van der Waals surface area contributed by atoms with Crippen molar-refractivity contribution in [1.29, 1.82) is 0 Å². The Morgan fingerprint density at radius 3 is 2.08 bits per heavy atom. The molecule has 0 bridgehead atoms. The molecule has 0 saturated heterocycles. The van der Waals surface area contributed by atoms with Gasteiger partial charge in [0.1, 0.15) is 0 Å². The Hall–Kier alpha value is -3.28. The van der Waals surface area contributed by atoms with E-state index in [0.29, 0.717) is 5.92 Å². The van der Waals surface area contributed by atoms with Crippen LogP contribution < -0.4 is 5.73 Å². The second kappa shape index (κ2) is 7.31. The maximum Gasteiger partial charge on any atom is 0.0314 e. The summed E-state index contributed by atoms with van der Waals surface area (Å²) in [4.78, 5) is 0. The van der Waals surface area contributed by atoms with Crippen LogP contribution in [0, 0.1) is 0 Å². The molecule has 2 N–H and O–H groups in total. The molecule has 1 unspecified atom stereocenters. The van der Waals surface area contributed by atoms with Crippen LogP contribution in [0.3, 0.4) is 0 Å². The van der Waals surface area contributed by atoms with Gasteiger partial charge in [-0.3, -0.25) is 0 Å². The number of nitrogen functional groups attached to an aromatic ring is 1. The first-order valence-electron chi connectivity index (χ1n) is 8.94. The summed E-state index contributed by atoms with van der Waals surface area (Å²) in [6, 6.07) is 29.3. The summed E-state index contributed by atoms with van der Waals surface area (Å²) in [5.41, 5.74) is 16.3. The van der Waals surface area contributed by atoms with Crippen LogP contribution in [0.1, 0.15) is 29.0 Å². The first kappa shape index (κ1) is 16.2. The van der Waals surface area contributed by atoms with Crippen LogP contribution in [0.5, 0.6) is 0 Å². The van der Waals surface area contributed by atoms with E-state index in [4.69, 9.17) is 5.73 Å². The molecular weight excluding hydrogens is 314 g/mol. The van der Waals surface area contributed by atoms with Gasteiger partial charge in [0, 0.05) is 17.2 Å². The fourth-order valence-electron chi connectivity index (χ4n) is 3.46. The van der Waals surface area contributed by atoms with Crippen molar-refractivity contribution in [2.24, 2.45) is 0 Å². The van der Waals surface area contributed by atoms with Gasteiger partial charge in [0.25, 0.3) is 0 Å². The van der Waals surface area contributed by atoms with Crippen LogP contribution in [-0.4, -0.2) is 0 Å². The number of hydrogen-bond donors (Lipinski definition) is 1. The van der Waals surface area contributed by atoms with E-state index in [1.54, 1.807) is 0 Å². The van der Waals surface area contributed by atoms with Gasteiger partial charge in [-0.25, -0.2) is 0 Å². The number of hydrogen-bond acceptors (Lipinski definition) is 1. The maximum absolute atomic E-state index is 5.91. The Bertz CT molecular complexity index is 973. The molecular formula is C25H21N. The van der Waals surface area contributed by atoms with Crippen LogP contribution in [0.4, 0.5) is 5.69 Å². The average Bonchev–Trinajstić information content (AvgIpc) is 2.93. The van der Waals surface area contributed by atoms with E-state index in [-0.39, 0.29) is 0 Å². The van der Waals surface area contributed by atoms with Crippen molar-refractivity contribution in [1.82, 2.24) is 0 Å². The van der Waals surface area contributed by atoms with Gasteiger partial charge in [-0.05, 0) is 53.0 Å². The van der Waals surface area contributed by atoms with Crippen LogP contribution >= 0.6 is 0 Å². The highest BCUT2D eigenvalue weighted by Gasteiger charge is 2.19. The molecule has 1 aliphatic rings. The van der Waals surface area contributed by atoms with E-state index in [1.807, 2.05) is 18.2 Å². The lowest BCUT2D eigenvalue weighted by molar-refractivity contribution is 0.886. The van der Waals surface area contributed by atoms with E-state index in [2.05, 4.69) is 84.6 Å². The van der Waals surface area contributed by atoms with E-state index >= 15 is 0 Å². The topological polar surface area (TPSA) is 26.0 Å². The fraction of sp³-hybridized carbons (Fsp3) is 0.0800. The van der Waals surface area contributed by atoms with Crippen molar-refractivity contribution in [3.63, 3.8) is 0 Å². The number of rotatable bonds is 3. The predicted octanol–water partition coefficient (Wildman–Crippen LogP) is 6.08. The summed E-state index contributed by atoms with van der Waals surface area (Å²) in [5.74, 6) is 0.300. The molecule has 0 fully saturated rings. The van der Waals surface area contributed by atoms with Gasteiger partial charge in [-0.1, -0.05) is 72.8 Å². The Labute approximate surface area is 154 Å². The molecule has 0 saturated carbocycles. The largest absolute Gasteiger partial charge is 0.399 e. The Morgan fingerprint density at radius 1 is 0.731 bits per heavy atom. The monoisotopic (exact) mass is 335 g/mol. The third-order valence-corrected chi connectivity index (χ3v) is 4.82. The van der Waals surface area contributed by atoms with Crippen molar-refractivity contribution in [3.05, 3.63) is 120 Å². The molecule has 0 heterocycles. The lowest BCUT2D eigenvalue weighted by Gasteiger charge is -2.20. The highest BCUT2D eigenvalue weighted by Crippen LogP contribution is 2.38. The minimum Gasteiger partial charge on any atom is -0.399 e. The Kier molecular flexibility index (Phi) is 4.55. The fourth-order valence-corrected chi connectivity index (χ4v) is 3.46. The second-order valence-electron chi connectivity index (χ2n) is 6.55. The molecule has 4 rings (SSSR count). The number of allylic oxidation sites excluding steroid dienone is 3. The first-order valence-corrected chi connectivity index (χ1v) is 8.94. The zero-order chi connectivity index (χ0) is 17.8. The molecule has 1 heteroatoms. The van der Waals surface area contributed by atoms with Crippen molar-refractivity contribution in [2.75, 3.05) is 5.73 Å². The van der Waals surface area contributed by atoms with E-state index in [1.165, 1.54) is 22.3 Å². The van der Waals surface area contributed by atoms with Crippen LogP contribution in [-0.2, 0) is 0 Å². The Morgan fingerprint density at radius 2 is 1.38 bits per heavy atom. The van der Waals surface area contributed by atoms with Gasteiger partial charge in [-0.2, -0.15) is 0 Å². The molecule has 126 valence electrons. The zero-order valence-corrected chi connectivity index (χ0v) is 14.6. The zero-order valence-electron chi connectivity index (χ0n) is 14.6. The van der Waals surface area contributed by atoms with E-state index in [9.17, 15) is 0 Å². The lowest BCUT2D eigenvalue weighted by Crippen LogP contribution is -2.01. The molecule has 0 aliphatic heterocycles. The standard InChI is InChI=1S/C25H21N/c26-23-16-14-21(15-17-23)25-18-22(19-8-3-1-4-9-19)12-7-13-24(25)20-10-5-2-6-11-20/h1-11,14-18,24H,13,26H2. The van der Waals surface area contributed by atoms with Gasteiger partial charge in [0.05, 0.1) is 0 Å². The SMILES string of the molecule is Nc1ccc(C2=CC(c3ccccc3)=C=CCC2c2ccccc2)cc1. The number of benzene rings is 3. The summed E-state index contributed by atoms with van der Waals surface area (Å²) in [7, 11) is 0. The molecule has 3 aromatic rings. The molecule has 3 aromatic carbocycles. The molecule has 1 aliphatic carbocycles. The highest BCUT2D eigenvalue weighted by molar-refractivity contribution is 5.87. The van der Waals surface area contributed by atoms with Crippen LogP contribution in [0.25, 0.3) is 11.1 Å². The lowest BCUT2D eigenvalue weighted by atomic mass is 9.84. The van der Waals surface area contributed by atoms with E-state index < -0.39 is 0 Å². The maximum atomic E-state index is 5.91. The minimum atomic E-state index is 0.300. The Balaban J connectivity index is 1.85. The third kappa shape index (κ3) is 3.39.